The minimum atomic E-state index is -0.0285. The van der Waals surface area contributed by atoms with Gasteiger partial charge in [-0.15, -0.1) is 0 Å². The van der Waals surface area contributed by atoms with E-state index in [4.69, 9.17) is 14.7 Å². The maximum absolute atomic E-state index is 13.5. The van der Waals surface area contributed by atoms with Gasteiger partial charge < -0.3 is 9.64 Å². The predicted octanol–water partition coefficient (Wildman–Crippen LogP) is 5.09. The van der Waals surface area contributed by atoms with Crippen LogP contribution >= 0.6 is 0 Å². The third kappa shape index (κ3) is 5.36. The van der Waals surface area contributed by atoms with Gasteiger partial charge in [0.2, 0.25) is 0 Å². The van der Waals surface area contributed by atoms with Gasteiger partial charge in [0.05, 0.1) is 29.2 Å². The Labute approximate surface area is 228 Å². The van der Waals surface area contributed by atoms with Crippen LogP contribution in [0.1, 0.15) is 18.7 Å². The molecule has 3 heterocycles. The quantitative estimate of drug-likeness (QED) is 0.266. The Morgan fingerprint density at radius 1 is 0.769 bits per heavy atom. The van der Waals surface area contributed by atoms with E-state index in [-0.39, 0.29) is 5.56 Å². The normalized spacial score (nSPS) is 14.2. The molecule has 39 heavy (non-hydrogen) atoms. The van der Waals surface area contributed by atoms with E-state index in [2.05, 4.69) is 40.1 Å². The van der Waals surface area contributed by atoms with Gasteiger partial charge in [0.15, 0.2) is 0 Å². The summed E-state index contributed by atoms with van der Waals surface area (Å²) in [6.07, 6.45) is 2.76. The van der Waals surface area contributed by atoms with Gasteiger partial charge in [0.25, 0.3) is 5.56 Å². The van der Waals surface area contributed by atoms with Gasteiger partial charge in [-0.2, -0.15) is 0 Å². The number of aromatic nitrogens is 3. The Hall–Kier alpha value is -4.23. The van der Waals surface area contributed by atoms with Crippen molar-refractivity contribution >= 4 is 27.6 Å². The molecule has 6 rings (SSSR count). The number of hydrogen-bond acceptors (Lipinski definition) is 6. The summed E-state index contributed by atoms with van der Waals surface area (Å²) in [5.41, 5.74) is 2.58. The lowest BCUT2D eigenvalue weighted by molar-refractivity contribution is 0.252. The Balaban J connectivity index is 1.09. The number of para-hydroxylation sites is 2. The third-order valence-electron chi connectivity index (χ3n) is 7.58. The number of anilines is 1. The van der Waals surface area contributed by atoms with Gasteiger partial charge >= 0.3 is 0 Å². The smallest absolute Gasteiger partial charge is 0.265 e. The zero-order valence-electron chi connectivity index (χ0n) is 22.3. The van der Waals surface area contributed by atoms with E-state index in [0.29, 0.717) is 5.39 Å². The molecule has 7 heteroatoms. The van der Waals surface area contributed by atoms with Gasteiger partial charge in [0.1, 0.15) is 17.4 Å². The number of aryl methyl sites for hydroxylation is 1. The van der Waals surface area contributed by atoms with Crippen LogP contribution < -0.4 is 15.2 Å². The zero-order chi connectivity index (χ0) is 26.6. The van der Waals surface area contributed by atoms with Crippen LogP contribution in [0.25, 0.3) is 27.5 Å². The first-order chi connectivity index (χ1) is 19.2. The highest BCUT2D eigenvalue weighted by Gasteiger charge is 2.18. The van der Waals surface area contributed by atoms with Crippen molar-refractivity contribution in [1.29, 1.82) is 0 Å². The van der Waals surface area contributed by atoms with E-state index < -0.39 is 0 Å². The van der Waals surface area contributed by atoms with Crippen molar-refractivity contribution in [3.8, 4) is 11.4 Å². The second-order valence-electron chi connectivity index (χ2n) is 10.0. The number of unbranched alkanes of at least 4 members (excludes halogenated alkanes) is 1. The summed E-state index contributed by atoms with van der Waals surface area (Å²) in [4.78, 5) is 28.2. The summed E-state index contributed by atoms with van der Waals surface area (Å²) < 4.78 is 7.07. The molecule has 7 nitrogen and oxygen atoms in total. The molecule has 0 unspecified atom stereocenters. The van der Waals surface area contributed by atoms with Crippen molar-refractivity contribution in [2.45, 2.75) is 19.3 Å². The molecular formula is C32H33N5O2. The average Bonchev–Trinajstić information content (AvgIpc) is 3.00. The van der Waals surface area contributed by atoms with Crippen LogP contribution in [0.4, 0.5) is 5.82 Å². The van der Waals surface area contributed by atoms with Crippen LogP contribution in [0.15, 0.2) is 89.7 Å². The number of benzene rings is 3. The Morgan fingerprint density at radius 3 is 2.31 bits per heavy atom. The van der Waals surface area contributed by atoms with Crippen molar-refractivity contribution in [1.82, 2.24) is 19.4 Å². The number of rotatable bonds is 8. The van der Waals surface area contributed by atoms with Gasteiger partial charge in [0, 0.05) is 38.0 Å². The molecule has 1 aliphatic heterocycles. The lowest BCUT2D eigenvalue weighted by Gasteiger charge is -2.35. The monoisotopic (exact) mass is 519 g/mol. The van der Waals surface area contributed by atoms with Crippen molar-refractivity contribution in [2.24, 2.45) is 0 Å². The maximum atomic E-state index is 13.5. The van der Waals surface area contributed by atoms with Crippen molar-refractivity contribution in [3.05, 3.63) is 101 Å². The van der Waals surface area contributed by atoms with Crippen molar-refractivity contribution in [3.63, 3.8) is 0 Å². The molecule has 0 spiro atoms. The van der Waals surface area contributed by atoms with Crippen LogP contribution in [-0.4, -0.2) is 59.3 Å². The van der Waals surface area contributed by atoms with Crippen LogP contribution in [0, 0.1) is 0 Å². The SMILES string of the molecule is COc1ccc(-n2c(CCCCN3CCN(c4ccc5ccccc5n4)CC3)nc3ccccc3c2=O)cc1. The molecule has 1 fully saturated rings. The minimum absolute atomic E-state index is 0.0285. The highest BCUT2D eigenvalue weighted by atomic mass is 16.5. The average molecular weight is 520 g/mol. The molecule has 198 valence electrons. The molecule has 0 amide bonds. The van der Waals surface area contributed by atoms with Gasteiger partial charge in [-0.3, -0.25) is 14.3 Å². The van der Waals surface area contributed by atoms with Crippen LogP contribution in [0.2, 0.25) is 0 Å². The van der Waals surface area contributed by atoms with E-state index in [0.717, 1.165) is 86.1 Å². The molecule has 3 aromatic carbocycles. The predicted molar refractivity (Wildman–Crippen MR) is 157 cm³/mol. The standard InChI is InChI=1S/C32H33N5O2/c1-39-26-16-14-25(15-17-26)37-31(34-29-11-5-3-9-27(29)32(37)38)12-6-7-19-35-20-22-36(23-21-35)30-18-13-24-8-2-4-10-28(24)33-30/h2-5,8-11,13-18H,6-7,12,19-23H2,1H3. The van der Waals surface area contributed by atoms with Crippen molar-refractivity contribution < 1.29 is 4.74 Å². The first-order valence-electron chi connectivity index (χ1n) is 13.7. The molecule has 0 N–H and O–H groups in total. The summed E-state index contributed by atoms with van der Waals surface area (Å²) in [5.74, 6) is 2.63. The topological polar surface area (TPSA) is 63.5 Å². The largest absolute Gasteiger partial charge is 0.497 e. The molecule has 1 aliphatic rings. The van der Waals surface area contributed by atoms with Crippen LogP contribution in [-0.2, 0) is 6.42 Å². The zero-order valence-corrected chi connectivity index (χ0v) is 22.3. The summed E-state index contributed by atoms with van der Waals surface area (Å²) >= 11 is 0. The van der Waals surface area contributed by atoms with E-state index >= 15 is 0 Å². The number of nitrogens with zero attached hydrogens (tertiary/aromatic N) is 5. The fraction of sp³-hybridized carbons (Fsp3) is 0.281. The lowest BCUT2D eigenvalue weighted by atomic mass is 10.1. The molecular weight excluding hydrogens is 486 g/mol. The minimum Gasteiger partial charge on any atom is -0.497 e. The molecule has 5 aromatic rings. The Kier molecular flexibility index (Phi) is 7.23. The second-order valence-corrected chi connectivity index (χ2v) is 10.0. The number of piperazine rings is 1. The fourth-order valence-electron chi connectivity index (χ4n) is 5.39. The van der Waals surface area contributed by atoms with Gasteiger partial charge in [-0.25, -0.2) is 9.97 Å². The second kappa shape index (κ2) is 11.3. The molecule has 0 bridgehead atoms. The third-order valence-corrected chi connectivity index (χ3v) is 7.58. The first kappa shape index (κ1) is 25.1. The number of methoxy groups -OCH3 is 1. The summed E-state index contributed by atoms with van der Waals surface area (Å²) in [6, 6.07) is 27.8. The number of ether oxygens (including phenoxy) is 1. The molecule has 0 radical (unpaired) electrons. The Bertz CT molecular complexity index is 1640. The molecule has 2 aromatic heterocycles. The summed E-state index contributed by atoms with van der Waals surface area (Å²) in [7, 11) is 1.64. The molecule has 0 aliphatic carbocycles. The summed E-state index contributed by atoms with van der Waals surface area (Å²) in [5, 5.41) is 1.81. The molecule has 0 saturated carbocycles. The van der Waals surface area contributed by atoms with Gasteiger partial charge in [-0.1, -0.05) is 30.3 Å². The number of pyridine rings is 1. The van der Waals surface area contributed by atoms with Crippen LogP contribution in [0.3, 0.4) is 0 Å². The maximum Gasteiger partial charge on any atom is 0.265 e. The van der Waals surface area contributed by atoms with Crippen LogP contribution in [0.5, 0.6) is 5.75 Å². The van der Waals surface area contributed by atoms with Crippen molar-refractivity contribution in [2.75, 3.05) is 44.7 Å². The fourth-order valence-corrected chi connectivity index (χ4v) is 5.39. The summed E-state index contributed by atoms with van der Waals surface area (Å²) in [6.45, 7) is 5.06. The number of fused-ring (bicyclic) bond motifs is 2. The highest BCUT2D eigenvalue weighted by molar-refractivity contribution is 5.80. The highest BCUT2D eigenvalue weighted by Crippen LogP contribution is 2.20. The van der Waals surface area contributed by atoms with Gasteiger partial charge in [-0.05, 0) is 74.0 Å². The molecule has 1 saturated heterocycles. The molecule has 0 atom stereocenters. The first-order valence-corrected chi connectivity index (χ1v) is 13.7. The number of hydrogen-bond donors (Lipinski definition) is 0. The lowest BCUT2D eigenvalue weighted by Crippen LogP contribution is -2.46. The van der Waals surface area contributed by atoms with E-state index in [1.54, 1.807) is 11.7 Å². The van der Waals surface area contributed by atoms with E-state index in [1.807, 2.05) is 54.6 Å². The van der Waals surface area contributed by atoms with E-state index in [1.165, 1.54) is 5.39 Å². The van der Waals surface area contributed by atoms with E-state index in [9.17, 15) is 4.79 Å². The Morgan fingerprint density at radius 2 is 1.51 bits per heavy atom.